The number of carboxylic acid groups (broad SMARTS) is 1. The molecule has 1 saturated heterocycles. The number of likely N-dealkylation sites (N-methyl/N-ethyl adjacent to an activating group) is 1. The maximum Gasteiger partial charge on any atom is 0.335 e. The quantitative estimate of drug-likeness (QED) is 0.827. The molecule has 0 aliphatic carbocycles. The van der Waals surface area contributed by atoms with E-state index in [1.165, 1.54) is 6.07 Å². The third kappa shape index (κ3) is 3.22. The largest absolute Gasteiger partial charge is 0.478 e. The third-order valence-corrected chi connectivity index (χ3v) is 3.72. The number of nitrogens with two attached hydrogens (primary N) is 1. The Morgan fingerprint density at radius 3 is 2.75 bits per heavy atom. The fourth-order valence-corrected chi connectivity index (χ4v) is 2.65. The van der Waals surface area contributed by atoms with Crippen molar-refractivity contribution >= 4 is 17.3 Å². The van der Waals surface area contributed by atoms with Gasteiger partial charge in [-0.1, -0.05) is 0 Å². The maximum absolute atomic E-state index is 10.9. The lowest BCUT2D eigenvalue weighted by Crippen LogP contribution is -2.31. The molecule has 1 aliphatic heterocycles. The molecule has 0 radical (unpaired) electrons. The predicted octanol–water partition coefficient (Wildman–Crippen LogP) is 2.36. The van der Waals surface area contributed by atoms with E-state index >= 15 is 0 Å². The van der Waals surface area contributed by atoms with Crippen molar-refractivity contribution in [2.75, 3.05) is 24.2 Å². The van der Waals surface area contributed by atoms with Crippen LogP contribution in [0.2, 0.25) is 0 Å². The summed E-state index contributed by atoms with van der Waals surface area (Å²) in [6, 6.07) is 4.82. The first-order chi connectivity index (χ1) is 9.28. The normalized spacial score (nSPS) is 20.9. The van der Waals surface area contributed by atoms with E-state index in [0.717, 1.165) is 25.1 Å². The van der Waals surface area contributed by atoms with Gasteiger partial charge in [-0.25, -0.2) is 4.79 Å². The number of benzene rings is 1. The highest BCUT2D eigenvalue weighted by molar-refractivity contribution is 5.90. The summed E-state index contributed by atoms with van der Waals surface area (Å²) < 4.78 is 5.97. The second kappa shape index (κ2) is 5.32. The summed E-state index contributed by atoms with van der Waals surface area (Å²) in [5.74, 6) is -0.966. The number of carboxylic acids is 1. The molecule has 0 bridgehead atoms. The lowest BCUT2D eigenvalue weighted by Gasteiger charge is -2.26. The van der Waals surface area contributed by atoms with Crippen LogP contribution in [0.15, 0.2) is 18.2 Å². The Morgan fingerprint density at radius 2 is 2.25 bits per heavy atom. The van der Waals surface area contributed by atoms with Crippen LogP contribution in [0.3, 0.4) is 0 Å². The molecule has 1 heterocycles. The van der Waals surface area contributed by atoms with Crippen molar-refractivity contribution in [3.05, 3.63) is 23.8 Å². The molecule has 110 valence electrons. The number of hydrogen-bond acceptors (Lipinski definition) is 4. The van der Waals surface area contributed by atoms with Crippen LogP contribution in [-0.2, 0) is 4.74 Å². The molecule has 0 spiro atoms. The zero-order valence-electron chi connectivity index (χ0n) is 12.2. The number of ether oxygens (including phenoxy) is 1. The van der Waals surface area contributed by atoms with Gasteiger partial charge in [0.05, 0.1) is 28.6 Å². The van der Waals surface area contributed by atoms with Crippen molar-refractivity contribution in [2.24, 2.45) is 0 Å². The van der Waals surface area contributed by atoms with Crippen LogP contribution < -0.4 is 10.6 Å². The van der Waals surface area contributed by atoms with E-state index in [0.29, 0.717) is 5.69 Å². The van der Waals surface area contributed by atoms with Crippen molar-refractivity contribution in [1.82, 2.24) is 0 Å². The van der Waals surface area contributed by atoms with Crippen molar-refractivity contribution < 1.29 is 14.6 Å². The van der Waals surface area contributed by atoms with Crippen molar-refractivity contribution in [3.8, 4) is 0 Å². The minimum absolute atomic E-state index is 0.0514. The standard InChI is InChI=1S/C15H22N2O3/c1-15(2)7-6-11(20-15)9-17(3)13-5-4-10(14(18)19)8-12(13)16/h4-5,8,11H,6-7,9,16H2,1-3H3,(H,18,19). The Balaban J connectivity index is 2.06. The van der Waals surface area contributed by atoms with E-state index in [2.05, 4.69) is 13.8 Å². The molecule has 0 aromatic heterocycles. The number of carbonyl (C=O) groups is 1. The molecule has 1 aromatic carbocycles. The van der Waals surface area contributed by atoms with E-state index in [9.17, 15) is 4.79 Å². The topological polar surface area (TPSA) is 75.8 Å². The number of hydrogen-bond donors (Lipinski definition) is 2. The zero-order valence-corrected chi connectivity index (χ0v) is 12.2. The van der Waals surface area contributed by atoms with Gasteiger partial charge in [-0.15, -0.1) is 0 Å². The minimum atomic E-state index is -0.966. The molecule has 1 aliphatic rings. The maximum atomic E-state index is 10.9. The number of aromatic carboxylic acids is 1. The molecule has 1 fully saturated rings. The first kappa shape index (κ1) is 14.7. The molecular weight excluding hydrogens is 256 g/mol. The Hall–Kier alpha value is -1.75. The first-order valence-electron chi connectivity index (χ1n) is 6.80. The van der Waals surface area contributed by atoms with Gasteiger partial charge < -0.3 is 20.5 Å². The lowest BCUT2D eigenvalue weighted by atomic mass is 10.1. The van der Waals surface area contributed by atoms with Crippen LogP contribution in [0.1, 0.15) is 37.0 Å². The predicted molar refractivity (Wildman–Crippen MR) is 79.3 cm³/mol. The van der Waals surface area contributed by atoms with Gasteiger partial charge >= 0.3 is 5.97 Å². The SMILES string of the molecule is CN(CC1CCC(C)(C)O1)c1ccc(C(=O)O)cc1N. The van der Waals surface area contributed by atoms with Crippen molar-refractivity contribution in [1.29, 1.82) is 0 Å². The number of anilines is 2. The molecule has 1 unspecified atom stereocenters. The summed E-state index contributed by atoms with van der Waals surface area (Å²) in [6.45, 7) is 4.95. The Bertz CT molecular complexity index is 514. The summed E-state index contributed by atoms with van der Waals surface area (Å²) >= 11 is 0. The highest BCUT2D eigenvalue weighted by Gasteiger charge is 2.32. The molecule has 2 rings (SSSR count). The zero-order chi connectivity index (χ0) is 14.9. The summed E-state index contributed by atoms with van der Waals surface area (Å²) in [5.41, 5.74) is 7.41. The van der Waals surface area contributed by atoms with Gasteiger partial charge in [0.25, 0.3) is 0 Å². The minimum Gasteiger partial charge on any atom is -0.478 e. The average Bonchev–Trinajstić information content (AvgIpc) is 2.68. The molecule has 3 N–H and O–H groups in total. The summed E-state index contributed by atoms with van der Waals surface area (Å²) in [5, 5.41) is 8.94. The number of nitrogens with zero attached hydrogens (tertiary/aromatic N) is 1. The van der Waals surface area contributed by atoms with Gasteiger partial charge in [0, 0.05) is 13.6 Å². The smallest absolute Gasteiger partial charge is 0.335 e. The van der Waals surface area contributed by atoms with E-state index in [4.69, 9.17) is 15.6 Å². The van der Waals surface area contributed by atoms with Gasteiger partial charge in [0.15, 0.2) is 0 Å². The van der Waals surface area contributed by atoms with Gasteiger partial charge in [-0.3, -0.25) is 0 Å². The van der Waals surface area contributed by atoms with Crippen molar-refractivity contribution in [3.63, 3.8) is 0 Å². The van der Waals surface area contributed by atoms with Crippen LogP contribution in [0.5, 0.6) is 0 Å². The summed E-state index contributed by atoms with van der Waals surface area (Å²) in [7, 11) is 1.95. The van der Waals surface area contributed by atoms with Crippen LogP contribution in [0.4, 0.5) is 11.4 Å². The molecule has 1 atom stereocenters. The van der Waals surface area contributed by atoms with Crippen LogP contribution >= 0.6 is 0 Å². The molecule has 1 aromatic rings. The highest BCUT2D eigenvalue weighted by atomic mass is 16.5. The average molecular weight is 278 g/mol. The summed E-state index contributed by atoms with van der Waals surface area (Å²) in [6.07, 6.45) is 2.28. The molecule has 20 heavy (non-hydrogen) atoms. The van der Waals surface area contributed by atoms with Crippen molar-refractivity contribution in [2.45, 2.75) is 38.4 Å². The van der Waals surface area contributed by atoms with Crippen LogP contribution in [0, 0.1) is 0 Å². The Morgan fingerprint density at radius 1 is 1.55 bits per heavy atom. The monoisotopic (exact) mass is 278 g/mol. The fraction of sp³-hybridized carbons (Fsp3) is 0.533. The first-order valence-corrected chi connectivity index (χ1v) is 6.80. The molecule has 0 amide bonds. The van der Waals surface area contributed by atoms with Gasteiger partial charge in [-0.2, -0.15) is 0 Å². The van der Waals surface area contributed by atoms with E-state index in [1.54, 1.807) is 12.1 Å². The van der Waals surface area contributed by atoms with Gasteiger partial charge in [0.1, 0.15) is 0 Å². The molecule has 0 saturated carbocycles. The Labute approximate surface area is 119 Å². The van der Waals surface area contributed by atoms with Gasteiger partial charge in [0.2, 0.25) is 0 Å². The van der Waals surface area contributed by atoms with Crippen LogP contribution in [-0.4, -0.2) is 36.4 Å². The highest BCUT2D eigenvalue weighted by Crippen LogP contribution is 2.31. The fourth-order valence-electron chi connectivity index (χ4n) is 2.65. The molecule has 5 heteroatoms. The van der Waals surface area contributed by atoms with Gasteiger partial charge in [-0.05, 0) is 44.9 Å². The lowest BCUT2D eigenvalue weighted by molar-refractivity contribution is -0.0111. The number of nitrogen functional groups attached to an aromatic ring is 1. The third-order valence-electron chi connectivity index (χ3n) is 3.72. The Kier molecular flexibility index (Phi) is 3.90. The van der Waals surface area contributed by atoms with E-state index in [-0.39, 0.29) is 17.3 Å². The molecular formula is C15H22N2O3. The second-order valence-corrected chi connectivity index (χ2v) is 6.00. The van der Waals surface area contributed by atoms with E-state index < -0.39 is 5.97 Å². The number of rotatable bonds is 4. The van der Waals surface area contributed by atoms with Crippen LogP contribution in [0.25, 0.3) is 0 Å². The van der Waals surface area contributed by atoms with E-state index in [1.807, 2.05) is 11.9 Å². The summed E-state index contributed by atoms with van der Waals surface area (Å²) in [4.78, 5) is 12.9. The molecule has 5 nitrogen and oxygen atoms in total. The second-order valence-electron chi connectivity index (χ2n) is 6.00.